The first-order chi connectivity index (χ1) is 8.89. The summed E-state index contributed by atoms with van der Waals surface area (Å²) in [5.41, 5.74) is 10.3. The molecule has 0 spiro atoms. The largest absolute Gasteiger partial charge is 0.374 e. The van der Waals surface area contributed by atoms with Crippen LogP contribution in [-0.4, -0.2) is 25.8 Å². The van der Waals surface area contributed by atoms with Crippen molar-refractivity contribution in [2.24, 2.45) is 5.73 Å². The molecule has 0 aromatic heterocycles. The minimum atomic E-state index is -0.0601. The normalized spacial score (nSPS) is 22.3. The van der Waals surface area contributed by atoms with Crippen LogP contribution in [0, 0.1) is 6.92 Å². The average Bonchev–Trinajstić information content (AvgIpc) is 2.38. The van der Waals surface area contributed by atoms with Gasteiger partial charge < -0.3 is 15.8 Å². The zero-order valence-corrected chi connectivity index (χ0v) is 12.5. The predicted octanol–water partition coefficient (Wildman–Crippen LogP) is 2.28. The van der Waals surface area contributed by atoms with Crippen LogP contribution in [0.1, 0.15) is 43.5 Å². The van der Waals surface area contributed by atoms with Crippen LogP contribution in [0.4, 0.5) is 0 Å². The average molecular weight is 262 g/mol. The van der Waals surface area contributed by atoms with Gasteiger partial charge in [-0.05, 0) is 29.0 Å². The first-order valence-corrected chi connectivity index (χ1v) is 7.08. The molecule has 0 saturated carbocycles. The van der Waals surface area contributed by atoms with Crippen molar-refractivity contribution in [2.75, 3.05) is 19.7 Å². The van der Waals surface area contributed by atoms with Crippen molar-refractivity contribution in [2.45, 2.75) is 45.3 Å². The molecule has 1 saturated heterocycles. The molecule has 3 N–H and O–H groups in total. The molecular weight excluding hydrogens is 236 g/mol. The molecule has 1 aliphatic rings. The second kappa shape index (κ2) is 5.61. The number of benzene rings is 1. The van der Waals surface area contributed by atoms with E-state index in [0.29, 0.717) is 0 Å². The number of nitrogens with two attached hydrogens (primary N) is 1. The molecule has 2 unspecified atom stereocenters. The highest BCUT2D eigenvalue weighted by molar-refractivity contribution is 5.37. The zero-order chi connectivity index (χ0) is 14.0. The molecule has 1 fully saturated rings. The van der Waals surface area contributed by atoms with E-state index in [1.54, 1.807) is 0 Å². The van der Waals surface area contributed by atoms with Crippen LogP contribution in [0.2, 0.25) is 0 Å². The number of rotatable bonds is 2. The molecular formula is C16H26N2O. The molecule has 3 heteroatoms. The molecule has 106 valence electrons. The maximum Gasteiger partial charge on any atom is 0.0892 e. The molecule has 1 heterocycles. The van der Waals surface area contributed by atoms with Gasteiger partial charge in [-0.15, -0.1) is 0 Å². The number of nitrogens with one attached hydrogen (secondary N) is 1. The van der Waals surface area contributed by atoms with E-state index in [0.717, 1.165) is 19.7 Å². The molecule has 19 heavy (non-hydrogen) atoms. The Morgan fingerprint density at radius 3 is 2.68 bits per heavy atom. The van der Waals surface area contributed by atoms with Gasteiger partial charge in [-0.2, -0.15) is 0 Å². The molecule has 0 radical (unpaired) electrons. The number of ether oxygens (including phenoxy) is 1. The first-order valence-electron chi connectivity index (χ1n) is 7.08. The lowest BCUT2D eigenvalue weighted by atomic mass is 9.83. The van der Waals surface area contributed by atoms with Gasteiger partial charge in [0, 0.05) is 13.1 Å². The van der Waals surface area contributed by atoms with Crippen LogP contribution >= 0.6 is 0 Å². The fourth-order valence-electron chi connectivity index (χ4n) is 2.48. The topological polar surface area (TPSA) is 47.3 Å². The van der Waals surface area contributed by atoms with Gasteiger partial charge in [-0.25, -0.2) is 0 Å². The highest BCUT2D eigenvalue weighted by Gasteiger charge is 2.25. The summed E-state index contributed by atoms with van der Waals surface area (Å²) in [6, 6.07) is 6.56. The monoisotopic (exact) mass is 262 g/mol. The van der Waals surface area contributed by atoms with E-state index in [2.05, 4.69) is 51.2 Å². The van der Waals surface area contributed by atoms with E-state index in [4.69, 9.17) is 10.5 Å². The van der Waals surface area contributed by atoms with Crippen LogP contribution in [0.25, 0.3) is 0 Å². The Kier molecular flexibility index (Phi) is 4.29. The Morgan fingerprint density at radius 1 is 1.37 bits per heavy atom. The summed E-state index contributed by atoms with van der Waals surface area (Å²) in [5, 5.41) is 3.34. The van der Waals surface area contributed by atoms with E-state index in [9.17, 15) is 0 Å². The van der Waals surface area contributed by atoms with Gasteiger partial charge in [0.2, 0.25) is 0 Å². The fraction of sp³-hybridized carbons (Fsp3) is 0.625. The first kappa shape index (κ1) is 14.5. The van der Waals surface area contributed by atoms with Gasteiger partial charge >= 0.3 is 0 Å². The molecule has 3 nitrogen and oxygen atoms in total. The smallest absolute Gasteiger partial charge is 0.0892 e. The Morgan fingerprint density at radius 2 is 2.11 bits per heavy atom. The summed E-state index contributed by atoms with van der Waals surface area (Å²) in [6.45, 7) is 11.3. The molecule has 1 aromatic carbocycles. The molecule has 2 atom stereocenters. The summed E-state index contributed by atoms with van der Waals surface area (Å²) in [6.07, 6.45) is 0.0719. The van der Waals surface area contributed by atoms with Gasteiger partial charge in [0.1, 0.15) is 0 Å². The Balaban J connectivity index is 2.27. The van der Waals surface area contributed by atoms with Gasteiger partial charge in [-0.3, -0.25) is 0 Å². The number of hydrogen-bond donors (Lipinski definition) is 2. The predicted molar refractivity (Wildman–Crippen MR) is 79.4 cm³/mol. The Hall–Kier alpha value is -0.900. The molecule has 2 rings (SSSR count). The summed E-state index contributed by atoms with van der Waals surface area (Å²) >= 11 is 0. The minimum Gasteiger partial charge on any atom is -0.374 e. The van der Waals surface area contributed by atoms with E-state index in [1.165, 1.54) is 16.7 Å². The van der Waals surface area contributed by atoms with Crippen molar-refractivity contribution in [3.8, 4) is 0 Å². The third kappa shape index (κ3) is 3.35. The molecule has 0 bridgehead atoms. The van der Waals surface area contributed by atoms with E-state index in [-0.39, 0.29) is 17.6 Å². The molecule has 1 aromatic rings. The summed E-state index contributed by atoms with van der Waals surface area (Å²) in [7, 11) is 0. The van der Waals surface area contributed by atoms with Crippen molar-refractivity contribution in [3.05, 3.63) is 34.9 Å². The second-order valence-corrected chi connectivity index (χ2v) is 6.46. The third-order valence-corrected chi connectivity index (χ3v) is 3.86. The maximum absolute atomic E-state index is 6.42. The van der Waals surface area contributed by atoms with Crippen molar-refractivity contribution in [1.29, 1.82) is 0 Å². The quantitative estimate of drug-likeness (QED) is 0.859. The lowest BCUT2D eigenvalue weighted by Gasteiger charge is -2.30. The van der Waals surface area contributed by atoms with Crippen LogP contribution in [0.15, 0.2) is 18.2 Å². The van der Waals surface area contributed by atoms with Gasteiger partial charge in [0.15, 0.2) is 0 Å². The van der Waals surface area contributed by atoms with Crippen LogP contribution in [0.5, 0.6) is 0 Å². The minimum absolute atomic E-state index is 0.0601. The van der Waals surface area contributed by atoms with Crippen molar-refractivity contribution < 1.29 is 4.74 Å². The lowest BCUT2D eigenvalue weighted by molar-refractivity contribution is 0.0121. The zero-order valence-electron chi connectivity index (χ0n) is 12.5. The fourth-order valence-corrected chi connectivity index (χ4v) is 2.48. The molecule has 0 amide bonds. The van der Waals surface area contributed by atoms with E-state index < -0.39 is 0 Å². The van der Waals surface area contributed by atoms with Gasteiger partial charge in [0.05, 0.1) is 18.8 Å². The molecule has 0 aliphatic carbocycles. The van der Waals surface area contributed by atoms with Crippen molar-refractivity contribution >= 4 is 0 Å². The van der Waals surface area contributed by atoms with Crippen LogP contribution in [-0.2, 0) is 10.2 Å². The highest BCUT2D eigenvalue weighted by atomic mass is 16.5. The molecule has 1 aliphatic heterocycles. The van der Waals surface area contributed by atoms with Gasteiger partial charge in [-0.1, -0.05) is 39.0 Å². The standard InChI is InChI=1S/C16H26N2O/c1-11-5-6-12(16(2,3)4)9-13(11)15(17)14-10-18-7-8-19-14/h5-6,9,14-15,18H,7-8,10,17H2,1-4H3. The van der Waals surface area contributed by atoms with E-state index in [1.807, 2.05) is 0 Å². The van der Waals surface area contributed by atoms with Crippen LogP contribution < -0.4 is 11.1 Å². The van der Waals surface area contributed by atoms with Crippen LogP contribution in [0.3, 0.4) is 0 Å². The summed E-state index contributed by atoms with van der Waals surface area (Å²) < 4.78 is 5.79. The highest BCUT2D eigenvalue weighted by Crippen LogP contribution is 2.28. The SMILES string of the molecule is Cc1ccc(C(C)(C)C)cc1C(N)C1CNCCO1. The lowest BCUT2D eigenvalue weighted by Crippen LogP contribution is -2.44. The third-order valence-electron chi connectivity index (χ3n) is 3.86. The Labute approximate surface area is 116 Å². The van der Waals surface area contributed by atoms with E-state index >= 15 is 0 Å². The van der Waals surface area contributed by atoms with Crippen molar-refractivity contribution in [1.82, 2.24) is 5.32 Å². The summed E-state index contributed by atoms with van der Waals surface area (Å²) in [5.74, 6) is 0. The Bertz CT molecular complexity index is 431. The number of aryl methyl sites for hydroxylation is 1. The summed E-state index contributed by atoms with van der Waals surface area (Å²) in [4.78, 5) is 0. The van der Waals surface area contributed by atoms with Gasteiger partial charge in [0.25, 0.3) is 0 Å². The number of hydrogen-bond acceptors (Lipinski definition) is 3. The second-order valence-electron chi connectivity index (χ2n) is 6.46. The number of morpholine rings is 1. The maximum atomic E-state index is 6.42. The van der Waals surface area contributed by atoms with Crippen molar-refractivity contribution in [3.63, 3.8) is 0 Å².